The van der Waals surface area contributed by atoms with Crippen LogP contribution in [0, 0.1) is 0 Å². The molecular weight excluding hydrogens is 370 g/mol. The molecule has 0 aliphatic carbocycles. The van der Waals surface area contributed by atoms with E-state index in [0.29, 0.717) is 35.4 Å². The number of carbonyl (C=O) groups excluding carboxylic acids is 1. The summed E-state index contributed by atoms with van der Waals surface area (Å²) in [5.41, 5.74) is 1.04. The van der Waals surface area contributed by atoms with Crippen LogP contribution in [0.15, 0.2) is 47.3 Å². The third-order valence-electron chi connectivity index (χ3n) is 5.00. The third kappa shape index (κ3) is 3.44. The zero-order valence-corrected chi connectivity index (χ0v) is 16.7. The Balaban J connectivity index is 1.73. The van der Waals surface area contributed by atoms with E-state index in [1.165, 1.54) is 4.68 Å². The van der Waals surface area contributed by atoms with Crippen molar-refractivity contribution in [2.75, 3.05) is 13.3 Å². The number of nitrogens with zero attached hydrogens (tertiary/aromatic N) is 3. The van der Waals surface area contributed by atoms with Crippen molar-refractivity contribution >= 4 is 16.7 Å². The van der Waals surface area contributed by atoms with Crippen LogP contribution in [0.2, 0.25) is 0 Å². The van der Waals surface area contributed by atoms with Crippen LogP contribution in [0.5, 0.6) is 11.5 Å². The Hall–Kier alpha value is -3.35. The summed E-state index contributed by atoms with van der Waals surface area (Å²) in [6, 6.07) is 12.6. The fourth-order valence-electron chi connectivity index (χ4n) is 3.45. The van der Waals surface area contributed by atoms with Gasteiger partial charge in [-0.15, -0.1) is 0 Å². The maximum atomic E-state index is 13.4. The molecule has 0 N–H and O–H groups in total. The molecule has 7 heteroatoms. The van der Waals surface area contributed by atoms with Crippen molar-refractivity contribution in [2.45, 2.75) is 33.4 Å². The Bertz CT molecular complexity index is 1140. The minimum atomic E-state index is -0.212. The van der Waals surface area contributed by atoms with E-state index in [-0.39, 0.29) is 30.0 Å². The van der Waals surface area contributed by atoms with Crippen molar-refractivity contribution in [2.24, 2.45) is 0 Å². The van der Waals surface area contributed by atoms with Gasteiger partial charge in [-0.3, -0.25) is 9.59 Å². The lowest BCUT2D eigenvalue weighted by Gasteiger charge is -2.22. The molecule has 4 rings (SSSR count). The Morgan fingerprint density at radius 1 is 1.14 bits per heavy atom. The fraction of sp³-hybridized carbons (Fsp3) is 0.318. The minimum absolute atomic E-state index is 0.150. The molecule has 2 aromatic carbocycles. The van der Waals surface area contributed by atoms with Crippen molar-refractivity contribution in [3.8, 4) is 11.5 Å². The van der Waals surface area contributed by atoms with Crippen LogP contribution in [0.1, 0.15) is 42.9 Å². The number of aromatic nitrogens is 2. The molecule has 0 fully saturated rings. The number of rotatable bonds is 5. The van der Waals surface area contributed by atoms with E-state index >= 15 is 0 Å². The quantitative estimate of drug-likeness (QED) is 0.664. The molecule has 0 atom stereocenters. The first-order valence-electron chi connectivity index (χ1n) is 9.69. The lowest BCUT2D eigenvalue weighted by Crippen LogP contribution is -2.34. The molecule has 3 aromatic rings. The highest BCUT2D eigenvalue weighted by molar-refractivity contribution is 6.04. The number of carbonyl (C=O) groups is 1. The first-order chi connectivity index (χ1) is 14.0. The van der Waals surface area contributed by atoms with E-state index in [4.69, 9.17) is 9.47 Å². The molecule has 0 bridgehead atoms. The number of hydrogen-bond donors (Lipinski definition) is 0. The monoisotopic (exact) mass is 393 g/mol. The fourth-order valence-corrected chi connectivity index (χ4v) is 3.45. The van der Waals surface area contributed by atoms with Crippen LogP contribution in [-0.4, -0.2) is 33.9 Å². The van der Waals surface area contributed by atoms with Crippen molar-refractivity contribution in [1.29, 1.82) is 0 Å². The molecule has 150 valence electrons. The zero-order valence-electron chi connectivity index (χ0n) is 16.7. The van der Waals surface area contributed by atoms with Crippen molar-refractivity contribution in [3.05, 3.63) is 64.1 Å². The maximum Gasteiger partial charge on any atom is 0.275 e. The summed E-state index contributed by atoms with van der Waals surface area (Å²) in [5, 5.41) is 5.51. The molecule has 0 spiro atoms. The van der Waals surface area contributed by atoms with Gasteiger partial charge in [0.2, 0.25) is 6.79 Å². The van der Waals surface area contributed by atoms with Crippen LogP contribution < -0.4 is 15.0 Å². The Labute approximate surface area is 168 Å². The molecule has 1 aromatic heterocycles. The number of benzene rings is 2. The molecule has 7 nitrogen and oxygen atoms in total. The third-order valence-corrected chi connectivity index (χ3v) is 5.00. The molecule has 0 saturated carbocycles. The van der Waals surface area contributed by atoms with Crippen LogP contribution in [-0.2, 0) is 6.54 Å². The molecule has 2 heterocycles. The summed E-state index contributed by atoms with van der Waals surface area (Å²) in [7, 11) is 0. The number of ether oxygens (including phenoxy) is 2. The standard InChI is InChI=1S/C22H23N3O4/c1-4-24(12-15-9-10-18-19(11-15)29-13-28-18)22(27)20-16-7-5-6-8-17(16)21(26)25(23-20)14(2)3/h5-11,14H,4,12-13H2,1-3H3. The van der Waals surface area contributed by atoms with Gasteiger partial charge in [0.25, 0.3) is 11.5 Å². The number of amides is 1. The van der Waals surface area contributed by atoms with Gasteiger partial charge in [0.1, 0.15) is 0 Å². The highest BCUT2D eigenvalue weighted by Crippen LogP contribution is 2.33. The second kappa shape index (κ2) is 7.58. The molecule has 29 heavy (non-hydrogen) atoms. The van der Waals surface area contributed by atoms with E-state index in [1.54, 1.807) is 23.1 Å². The van der Waals surface area contributed by atoms with Crippen LogP contribution >= 0.6 is 0 Å². The molecule has 1 aliphatic rings. The Morgan fingerprint density at radius 3 is 2.59 bits per heavy atom. The smallest absolute Gasteiger partial charge is 0.275 e. The largest absolute Gasteiger partial charge is 0.454 e. The molecule has 0 radical (unpaired) electrons. The van der Waals surface area contributed by atoms with E-state index in [2.05, 4.69) is 5.10 Å². The molecule has 0 saturated heterocycles. The average Bonchev–Trinajstić information content (AvgIpc) is 3.19. The first kappa shape index (κ1) is 19.0. The van der Waals surface area contributed by atoms with Gasteiger partial charge >= 0.3 is 0 Å². The van der Waals surface area contributed by atoms with Gasteiger partial charge in [0, 0.05) is 18.5 Å². The van der Waals surface area contributed by atoms with Gasteiger partial charge in [0.05, 0.1) is 11.4 Å². The van der Waals surface area contributed by atoms with Gasteiger partial charge in [0.15, 0.2) is 17.2 Å². The summed E-state index contributed by atoms with van der Waals surface area (Å²) >= 11 is 0. The van der Waals surface area contributed by atoms with E-state index in [0.717, 1.165) is 5.56 Å². The van der Waals surface area contributed by atoms with Gasteiger partial charge < -0.3 is 14.4 Å². The van der Waals surface area contributed by atoms with Crippen molar-refractivity contribution in [1.82, 2.24) is 14.7 Å². The predicted molar refractivity (Wildman–Crippen MR) is 109 cm³/mol. The SMILES string of the molecule is CCN(Cc1ccc2c(c1)OCO2)C(=O)c1nn(C(C)C)c(=O)c2ccccc12. The first-order valence-corrected chi connectivity index (χ1v) is 9.69. The topological polar surface area (TPSA) is 73.7 Å². The molecule has 1 aliphatic heterocycles. The molecular formula is C22H23N3O4. The summed E-state index contributed by atoms with van der Waals surface area (Å²) < 4.78 is 12.2. The average molecular weight is 393 g/mol. The van der Waals surface area contributed by atoms with E-state index in [1.807, 2.05) is 45.0 Å². The van der Waals surface area contributed by atoms with Crippen LogP contribution in [0.4, 0.5) is 0 Å². The highest BCUT2D eigenvalue weighted by Gasteiger charge is 2.23. The summed E-state index contributed by atoms with van der Waals surface area (Å²) in [6.07, 6.45) is 0. The number of fused-ring (bicyclic) bond motifs is 2. The number of hydrogen-bond acceptors (Lipinski definition) is 5. The van der Waals surface area contributed by atoms with Crippen molar-refractivity contribution in [3.63, 3.8) is 0 Å². The molecule has 1 amide bonds. The maximum absolute atomic E-state index is 13.4. The predicted octanol–water partition coefficient (Wildman–Crippen LogP) is 3.37. The second-order valence-corrected chi connectivity index (χ2v) is 7.24. The second-order valence-electron chi connectivity index (χ2n) is 7.24. The van der Waals surface area contributed by atoms with Gasteiger partial charge in [-0.2, -0.15) is 5.10 Å². The zero-order chi connectivity index (χ0) is 20.5. The Kier molecular flexibility index (Phi) is 4.96. The summed E-state index contributed by atoms with van der Waals surface area (Å²) in [6.45, 7) is 6.80. The van der Waals surface area contributed by atoms with E-state index < -0.39 is 0 Å². The Morgan fingerprint density at radius 2 is 1.86 bits per heavy atom. The lowest BCUT2D eigenvalue weighted by atomic mass is 10.1. The highest BCUT2D eigenvalue weighted by atomic mass is 16.7. The normalized spacial score (nSPS) is 12.6. The van der Waals surface area contributed by atoms with E-state index in [9.17, 15) is 9.59 Å². The van der Waals surface area contributed by atoms with Crippen molar-refractivity contribution < 1.29 is 14.3 Å². The summed E-state index contributed by atoms with van der Waals surface area (Å²) in [4.78, 5) is 27.8. The van der Waals surface area contributed by atoms with Crippen LogP contribution in [0.25, 0.3) is 10.8 Å². The van der Waals surface area contributed by atoms with Crippen LogP contribution in [0.3, 0.4) is 0 Å². The van der Waals surface area contributed by atoms with Gasteiger partial charge in [-0.1, -0.05) is 24.3 Å². The minimum Gasteiger partial charge on any atom is -0.454 e. The molecule has 0 unspecified atom stereocenters. The van der Waals surface area contributed by atoms with Gasteiger partial charge in [-0.25, -0.2) is 4.68 Å². The van der Waals surface area contributed by atoms with Gasteiger partial charge in [-0.05, 0) is 44.5 Å². The lowest BCUT2D eigenvalue weighted by molar-refractivity contribution is 0.0745. The summed E-state index contributed by atoms with van der Waals surface area (Å²) in [5.74, 6) is 1.18.